The fourth-order valence-electron chi connectivity index (χ4n) is 2.74. The van der Waals surface area contributed by atoms with E-state index in [0.717, 1.165) is 5.56 Å². The van der Waals surface area contributed by atoms with E-state index in [1.54, 1.807) is 25.3 Å². The van der Waals surface area contributed by atoms with Crippen LogP contribution in [-0.4, -0.2) is 34.3 Å². The highest BCUT2D eigenvalue weighted by Crippen LogP contribution is 2.22. The number of hydrogen-bond acceptors (Lipinski definition) is 6. The molecule has 0 fully saturated rings. The number of amides is 1. The van der Waals surface area contributed by atoms with Crippen LogP contribution >= 0.6 is 11.6 Å². The Hall–Kier alpha value is -3.72. The first-order valence-corrected chi connectivity index (χ1v) is 9.21. The molecule has 0 radical (unpaired) electrons. The molecule has 154 valence electrons. The third kappa shape index (κ3) is 4.81. The van der Waals surface area contributed by atoms with Crippen LogP contribution in [0.15, 0.2) is 59.4 Å². The highest BCUT2D eigenvalue weighted by atomic mass is 35.5. The van der Waals surface area contributed by atoms with E-state index in [0.29, 0.717) is 11.4 Å². The van der Waals surface area contributed by atoms with Crippen LogP contribution in [0.25, 0.3) is 11.3 Å². The molecule has 0 spiro atoms. The Kier molecular flexibility index (Phi) is 6.43. The van der Waals surface area contributed by atoms with Crippen LogP contribution < -0.4 is 15.6 Å². The molecule has 1 aromatic heterocycles. The monoisotopic (exact) mass is 428 g/mol. The molecular weight excluding hydrogens is 412 g/mol. The number of nitrogens with one attached hydrogen (secondary N) is 1. The topological polar surface area (TPSA) is 116 Å². The van der Waals surface area contributed by atoms with E-state index in [4.69, 9.17) is 16.3 Å². The van der Waals surface area contributed by atoms with Gasteiger partial charge in [-0.3, -0.25) is 19.7 Å². The second kappa shape index (κ2) is 9.19. The van der Waals surface area contributed by atoms with Gasteiger partial charge in [0.15, 0.2) is 0 Å². The number of hydrogen-bond donors (Lipinski definition) is 1. The molecule has 0 atom stereocenters. The standard InChI is InChI=1S/C20H17ClN4O5/c1-30-15-5-2-13(3-6-15)17-7-9-19(26)24(23-17)11-10-22-20(27)16-12-14(21)4-8-18(16)25(28)29/h2-9,12H,10-11H2,1H3,(H,22,27). The van der Waals surface area contributed by atoms with Crippen molar-refractivity contribution in [2.45, 2.75) is 6.54 Å². The van der Waals surface area contributed by atoms with Gasteiger partial charge in [-0.15, -0.1) is 0 Å². The minimum Gasteiger partial charge on any atom is -0.497 e. The summed E-state index contributed by atoms with van der Waals surface area (Å²) >= 11 is 5.85. The molecule has 2 aromatic carbocycles. The summed E-state index contributed by atoms with van der Waals surface area (Å²) in [5.74, 6) is 0.0356. The summed E-state index contributed by atoms with van der Waals surface area (Å²) in [6.07, 6.45) is 0. The Morgan fingerprint density at radius 2 is 1.93 bits per heavy atom. The van der Waals surface area contributed by atoms with E-state index < -0.39 is 10.8 Å². The van der Waals surface area contributed by atoms with E-state index in [2.05, 4.69) is 10.4 Å². The van der Waals surface area contributed by atoms with E-state index >= 15 is 0 Å². The molecule has 0 aliphatic carbocycles. The van der Waals surface area contributed by atoms with Crippen molar-refractivity contribution in [1.82, 2.24) is 15.1 Å². The summed E-state index contributed by atoms with van der Waals surface area (Å²) < 4.78 is 6.34. The fraction of sp³-hybridized carbons (Fsp3) is 0.150. The summed E-state index contributed by atoms with van der Waals surface area (Å²) in [6.45, 7) is 0.129. The molecule has 30 heavy (non-hydrogen) atoms. The first kappa shape index (κ1) is 21.0. The average Bonchev–Trinajstić information content (AvgIpc) is 2.74. The van der Waals surface area contributed by atoms with Crippen LogP contribution in [0.2, 0.25) is 5.02 Å². The van der Waals surface area contributed by atoms with Crippen LogP contribution in [0.1, 0.15) is 10.4 Å². The van der Waals surface area contributed by atoms with Gasteiger partial charge in [0.05, 0.1) is 24.3 Å². The van der Waals surface area contributed by atoms with Crippen molar-refractivity contribution in [2.24, 2.45) is 0 Å². The molecule has 0 bridgehead atoms. The van der Waals surface area contributed by atoms with E-state index in [-0.39, 0.29) is 34.9 Å². The Balaban J connectivity index is 1.72. The van der Waals surface area contributed by atoms with Crippen LogP contribution in [0.4, 0.5) is 5.69 Å². The summed E-state index contributed by atoms with van der Waals surface area (Å²) in [6, 6.07) is 13.9. The fourth-order valence-corrected chi connectivity index (χ4v) is 2.92. The average molecular weight is 429 g/mol. The van der Waals surface area contributed by atoms with Gasteiger partial charge in [0.25, 0.3) is 17.2 Å². The Bertz CT molecular complexity index is 1140. The lowest BCUT2D eigenvalue weighted by Crippen LogP contribution is -2.32. The zero-order chi connectivity index (χ0) is 21.7. The first-order valence-electron chi connectivity index (χ1n) is 8.84. The highest BCUT2D eigenvalue weighted by Gasteiger charge is 2.20. The van der Waals surface area contributed by atoms with Gasteiger partial charge >= 0.3 is 0 Å². The number of methoxy groups -OCH3 is 1. The molecule has 1 amide bonds. The molecule has 0 aliphatic heterocycles. The highest BCUT2D eigenvalue weighted by molar-refractivity contribution is 6.31. The third-order valence-corrected chi connectivity index (χ3v) is 4.50. The maximum atomic E-state index is 12.4. The molecule has 0 aliphatic rings. The van der Waals surface area contributed by atoms with Gasteiger partial charge < -0.3 is 10.1 Å². The molecule has 9 nitrogen and oxygen atoms in total. The molecule has 1 heterocycles. The zero-order valence-corrected chi connectivity index (χ0v) is 16.6. The number of halogens is 1. The molecule has 10 heteroatoms. The lowest BCUT2D eigenvalue weighted by molar-refractivity contribution is -0.385. The lowest BCUT2D eigenvalue weighted by Gasteiger charge is -2.09. The second-order valence-corrected chi connectivity index (χ2v) is 6.62. The normalized spacial score (nSPS) is 10.5. The SMILES string of the molecule is COc1ccc(-c2ccc(=O)n(CCNC(=O)c3cc(Cl)ccc3[N+](=O)[O-])n2)cc1. The minimum absolute atomic E-state index is 0.0431. The van der Waals surface area contributed by atoms with Gasteiger partial charge in [0.2, 0.25) is 0 Å². The molecule has 3 rings (SSSR count). The quantitative estimate of drug-likeness (QED) is 0.457. The number of carbonyl (C=O) groups is 1. The molecule has 3 aromatic rings. The molecule has 1 N–H and O–H groups in total. The minimum atomic E-state index is -0.663. The van der Waals surface area contributed by atoms with Crippen molar-refractivity contribution in [3.05, 3.63) is 85.7 Å². The predicted octanol–water partition coefficient (Wildman–Crippen LogP) is 2.91. The smallest absolute Gasteiger partial charge is 0.282 e. The van der Waals surface area contributed by atoms with Crippen LogP contribution in [0.3, 0.4) is 0 Å². The largest absolute Gasteiger partial charge is 0.497 e. The zero-order valence-electron chi connectivity index (χ0n) is 15.9. The number of nitro groups is 1. The summed E-state index contributed by atoms with van der Waals surface area (Å²) in [5.41, 5.74) is 0.529. The molecular formula is C20H17ClN4O5. The number of ether oxygens (including phenoxy) is 1. The number of nitro benzene ring substituents is 1. The molecule has 0 saturated heterocycles. The van der Waals surface area contributed by atoms with Gasteiger partial charge in [-0.1, -0.05) is 11.6 Å². The van der Waals surface area contributed by atoms with Gasteiger partial charge in [-0.05, 0) is 42.5 Å². The summed E-state index contributed by atoms with van der Waals surface area (Å²) in [7, 11) is 1.57. The Morgan fingerprint density at radius 3 is 2.60 bits per heavy atom. The van der Waals surface area contributed by atoms with Crippen LogP contribution in [0.5, 0.6) is 5.75 Å². The van der Waals surface area contributed by atoms with E-state index in [1.165, 1.54) is 28.9 Å². The second-order valence-electron chi connectivity index (χ2n) is 6.18. The number of carbonyl (C=O) groups excluding carboxylic acids is 1. The van der Waals surface area contributed by atoms with Gasteiger partial charge in [0, 0.05) is 29.3 Å². The van der Waals surface area contributed by atoms with Crippen molar-refractivity contribution in [1.29, 1.82) is 0 Å². The number of nitrogens with zero attached hydrogens (tertiary/aromatic N) is 3. The summed E-state index contributed by atoms with van der Waals surface area (Å²) in [5, 5.41) is 18.2. The van der Waals surface area contributed by atoms with E-state index in [1.807, 2.05) is 12.1 Å². The molecule has 0 saturated carbocycles. The van der Waals surface area contributed by atoms with Crippen molar-refractivity contribution in [3.63, 3.8) is 0 Å². The lowest BCUT2D eigenvalue weighted by atomic mass is 10.1. The van der Waals surface area contributed by atoms with Crippen LogP contribution in [-0.2, 0) is 6.54 Å². The van der Waals surface area contributed by atoms with Crippen molar-refractivity contribution in [2.75, 3.05) is 13.7 Å². The molecule has 0 unspecified atom stereocenters. The number of aromatic nitrogens is 2. The maximum absolute atomic E-state index is 12.4. The van der Waals surface area contributed by atoms with Crippen molar-refractivity contribution >= 4 is 23.2 Å². The third-order valence-electron chi connectivity index (χ3n) is 4.26. The predicted molar refractivity (Wildman–Crippen MR) is 111 cm³/mol. The Labute approximate surface area is 176 Å². The van der Waals surface area contributed by atoms with Gasteiger partial charge in [0.1, 0.15) is 11.3 Å². The first-order chi connectivity index (χ1) is 14.4. The van der Waals surface area contributed by atoms with E-state index in [9.17, 15) is 19.7 Å². The van der Waals surface area contributed by atoms with Crippen LogP contribution in [0, 0.1) is 10.1 Å². The maximum Gasteiger partial charge on any atom is 0.282 e. The van der Waals surface area contributed by atoms with Crippen molar-refractivity contribution < 1.29 is 14.5 Å². The van der Waals surface area contributed by atoms with Gasteiger partial charge in [-0.25, -0.2) is 4.68 Å². The van der Waals surface area contributed by atoms with Crippen molar-refractivity contribution in [3.8, 4) is 17.0 Å². The van der Waals surface area contributed by atoms with Gasteiger partial charge in [-0.2, -0.15) is 5.10 Å². The number of rotatable bonds is 7. The number of benzene rings is 2. The Morgan fingerprint density at radius 1 is 1.20 bits per heavy atom. The summed E-state index contributed by atoms with van der Waals surface area (Å²) in [4.78, 5) is 34.9.